The number of pyridine rings is 1. The number of ether oxygens (including phenoxy) is 1. The molecule has 5 heteroatoms. The zero-order valence-electron chi connectivity index (χ0n) is 12.1. The molecule has 0 aliphatic heterocycles. The van der Waals surface area contributed by atoms with E-state index in [4.69, 9.17) is 9.26 Å². The van der Waals surface area contributed by atoms with Gasteiger partial charge in [-0.25, -0.2) is 4.98 Å². The SMILES string of the molecule is COc1ccccc1-c1nc(-c2cc(C)cc(C)n2)no1. The lowest BCUT2D eigenvalue weighted by atomic mass is 10.2. The smallest absolute Gasteiger partial charge is 0.262 e. The van der Waals surface area contributed by atoms with Crippen molar-refractivity contribution in [1.29, 1.82) is 0 Å². The Kier molecular flexibility index (Phi) is 3.39. The Hall–Kier alpha value is -2.69. The second kappa shape index (κ2) is 5.36. The lowest BCUT2D eigenvalue weighted by Crippen LogP contribution is -1.91. The number of aryl methyl sites for hydroxylation is 2. The molecule has 1 aromatic carbocycles. The normalized spacial score (nSPS) is 10.6. The van der Waals surface area contributed by atoms with Crippen LogP contribution >= 0.6 is 0 Å². The van der Waals surface area contributed by atoms with Crippen molar-refractivity contribution in [3.8, 4) is 28.7 Å². The first-order valence-electron chi connectivity index (χ1n) is 6.60. The van der Waals surface area contributed by atoms with Crippen molar-refractivity contribution in [3.63, 3.8) is 0 Å². The first-order chi connectivity index (χ1) is 10.2. The molecule has 0 saturated heterocycles. The average molecular weight is 281 g/mol. The molecule has 5 nitrogen and oxygen atoms in total. The van der Waals surface area contributed by atoms with Crippen molar-refractivity contribution in [2.75, 3.05) is 7.11 Å². The van der Waals surface area contributed by atoms with Crippen LogP contribution in [-0.4, -0.2) is 22.2 Å². The zero-order valence-corrected chi connectivity index (χ0v) is 12.1. The highest BCUT2D eigenvalue weighted by atomic mass is 16.5. The summed E-state index contributed by atoms with van der Waals surface area (Å²) in [5.41, 5.74) is 3.51. The van der Waals surface area contributed by atoms with Crippen LogP contribution in [0.15, 0.2) is 40.9 Å². The van der Waals surface area contributed by atoms with E-state index in [-0.39, 0.29) is 0 Å². The minimum absolute atomic E-state index is 0.420. The van der Waals surface area contributed by atoms with Crippen molar-refractivity contribution in [2.45, 2.75) is 13.8 Å². The van der Waals surface area contributed by atoms with Crippen LogP contribution in [0.2, 0.25) is 0 Å². The number of benzene rings is 1. The summed E-state index contributed by atoms with van der Waals surface area (Å²) in [5.74, 6) is 1.59. The monoisotopic (exact) mass is 281 g/mol. The number of rotatable bonds is 3. The van der Waals surface area contributed by atoms with E-state index in [1.54, 1.807) is 7.11 Å². The molecular formula is C16H15N3O2. The Bertz CT molecular complexity index is 760. The topological polar surface area (TPSA) is 61.0 Å². The third-order valence-electron chi connectivity index (χ3n) is 3.09. The van der Waals surface area contributed by atoms with E-state index in [1.165, 1.54) is 0 Å². The second-order valence-electron chi connectivity index (χ2n) is 4.79. The van der Waals surface area contributed by atoms with Gasteiger partial charge in [-0.1, -0.05) is 17.3 Å². The Morgan fingerprint density at radius 3 is 2.62 bits per heavy atom. The van der Waals surface area contributed by atoms with Gasteiger partial charge in [0.15, 0.2) is 0 Å². The number of nitrogens with zero attached hydrogens (tertiary/aromatic N) is 3. The maximum absolute atomic E-state index is 5.35. The first-order valence-corrected chi connectivity index (χ1v) is 6.60. The highest BCUT2D eigenvalue weighted by molar-refractivity contribution is 5.64. The van der Waals surface area contributed by atoms with Crippen LogP contribution in [-0.2, 0) is 0 Å². The van der Waals surface area contributed by atoms with Crippen molar-refractivity contribution in [2.24, 2.45) is 0 Å². The lowest BCUT2D eigenvalue weighted by Gasteiger charge is -2.02. The van der Waals surface area contributed by atoms with Crippen molar-refractivity contribution in [3.05, 3.63) is 47.7 Å². The van der Waals surface area contributed by atoms with Gasteiger partial charge in [0.2, 0.25) is 5.82 Å². The Morgan fingerprint density at radius 1 is 1.05 bits per heavy atom. The van der Waals surface area contributed by atoms with E-state index in [1.807, 2.05) is 50.2 Å². The van der Waals surface area contributed by atoms with Gasteiger partial charge in [0.05, 0.1) is 12.7 Å². The molecule has 0 amide bonds. The average Bonchev–Trinajstić information content (AvgIpc) is 2.96. The third kappa shape index (κ3) is 2.63. The summed E-state index contributed by atoms with van der Waals surface area (Å²) in [6, 6.07) is 11.5. The summed E-state index contributed by atoms with van der Waals surface area (Å²) in [7, 11) is 1.61. The fraction of sp³-hybridized carbons (Fsp3) is 0.188. The maximum Gasteiger partial charge on any atom is 0.262 e. The molecule has 0 fully saturated rings. The summed E-state index contributed by atoms with van der Waals surface area (Å²) in [6.07, 6.45) is 0. The van der Waals surface area contributed by atoms with Gasteiger partial charge < -0.3 is 9.26 Å². The third-order valence-corrected chi connectivity index (χ3v) is 3.09. The Morgan fingerprint density at radius 2 is 1.86 bits per heavy atom. The van der Waals surface area contributed by atoms with Crippen molar-refractivity contribution in [1.82, 2.24) is 15.1 Å². The summed E-state index contributed by atoms with van der Waals surface area (Å²) in [4.78, 5) is 8.86. The summed E-state index contributed by atoms with van der Waals surface area (Å²) < 4.78 is 10.7. The van der Waals surface area contributed by atoms with Crippen molar-refractivity contribution < 1.29 is 9.26 Å². The van der Waals surface area contributed by atoms with Gasteiger partial charge in [-0.15, -0.1) is 0 Å². The molecule has 0 radical (unpaired) electrons. The van der Waals surface area contributed by atoms with Gasteiger partial charge >= 0.3 is 0 Å². The highest BCUT2D eigenvalue weighted by Crippen LogP contribution is 2.29. The molecule has 106 valence electrons. The number of hydrogen-bond acceptors (Lipinski definition) is 5. The van der Waals surface area contributed by atoms with E-state index >= 15 is 0 Å². The van der Waals surface area contributed by atoms with Gasteiger partial charge in [-0.3, -0.25) is 0 Å². The van der Waals surface area contributed by atoms with Gasteiger partial charge in [0.25, 0.3) is 5.89 Å². The predicted molar refractivity (Wildman–Crippen MR) is 79.0 cm³/mol. The van der Waals surface area contributed by atoms with E-state index in [0.29, 0.717) is 23.2 Å². The molecule has 0 N–H and O–H groups in total. The van der Waals surface area contributed by atoms with E-state index < -0.39 is 0 Å². The fourth-order valence-electron chi connectivity index (χ4n) is 2.21. The highest BCUT2D eigenvalue weighted by Gasteiger charge is 2.15. The molecule has 0 aliphatic carbocycles. The molecule has 21 heavy (non-hydrogen) atoms. The molecule has 0 unspecified atom stereocenters. The quantitative estimate of drug-likeness (QED) is 0.736. The summed E-state index contributed by atoms with van der Waals surface area (Å²) >= 11 is 0. The zero-order chi connectivity index (χ0) is 14.8. The molecule has 3 rings (SSSR count). The van der Waals surface area contributed by atoms with E-state index in [9.17, 15) is 0 Å². The Labute approximate surface area is 122 Å². The molecule has 0 spiro atoms. The molecule has 0 saturated carbocycles. The number of methoxy groups -OCH3 is 1. The van der Waals surface area contributed by atoms with Crippen molar-refractivity contribution >= 4 is 0 Å². The van der Waals surface area contributed by atoms with E-state index in [0.717, 1.165) is 16.8 Å². The molecule has 0 bridgehead atoms. The van der Waals surface area contributed by atoms with Crippen LogP contribution < -0.4 is 4.74 Å². The molecule has 2 aromatic heterocycles. The second-order valence-corrected chi connectivity index (χ2v) is 4.79. The molecule has 0 atom stereocenters. The van der Waals surface area contributed by atoms with E-state index in [2.05, 4.69) is 15.1 Å². The number of hydrogen-bond donors (Lipinski definition) is 0. The van der Waals surface area contributed by atoms with Crippen LogP contribution in [0, 0.1) is 13.8 Å². The largest absolute Gasteiger partial charge is 0.496 e. The van der Waals surface area contributed by atoms with Gasteiger partial charge in [0, 0.05) is 5.69 Å². The Balaban J connectivity index is 2.04. The van der Waals surface area contributed by atoms with Gasteiger partial charge in [0.1, 0.15) is 11.4 Å². The maximum atomic E-state index is 5.35. The minimum Gasteiger partial charge on any atom is -0.496 e. The van der Waals surface area contributed by atoms with Gasteiger partial charge in [-0.2, -0.15) is 4.98 Å². The minimum atomic E-state index is 0.420. The summed E-state index contributed by atoms with van der Waals surface area (Å²) in [5, 5.41) is 4.02. The molecule has 0 aliphatic rings. The molecular weight excluding hydrogens is 266 g/mol. The van der Waals surface area contributed by atoms with Crippen LogP contribution in [0.5, 0.6) is 5.75 Å². The van der Waals surface area contributed by atoms with Gasteiger partial charge in [-0.05, 0) is 43.7 Å². The molecule has 3 aromatic rings. The number of aromatic nitrogens is 3. The van der Waals surface area contributed by atoms with Crippen LogP contribution in [0.3, 0.4) is 0 Å². The van der Waals surface area contributed by atoms with Crippen LogP contribution in [0.4, 0.5) is 0 Å². The lowest BCUT2D eigenvalue weighted by molar-refractivity contribution is 0.405. The number of para-hydroxylation sites is 1. The first kappa shape index (κ1) is 13.3. The molecule has 2 heterocycles. The predicted octanol–water partition coefficient (Wildman–Crippen LogP) is 3.42. The van der Waals surface area contributed by atoms with Crippen LogP contribution in [0.1, 0.15) is 11.3 Å². The van der Waals surface area contributed by atoms with Crippen LogP contribution in [0.25, 0.3) is 23.0 Å². The standard InChI is InChI=1S/C16H15N3O2/c1-10-8-11(2)17-13(9-10)15-18-16(21-19-15)12-6-4-5-7-14(12)20-3/h4-9H,1-3H3. The summed E-state index contributed by atoms with van der Waals surface area (Å²) in [6.45, 7) is 3.96. The fourth-order valence-corrected chi connectivity index (χ4v) is 2.21.